The van der Waals surface area contributed by atoms with Crippen LogP contribution in [0.5, 0.6) is 11.5 Å². The summed E-state index contributed by atoms with van der Waals surface area (Å²) in [6.45, 7) is 0. The van der Waals surface area contributed by atoms with Crippen LogP contribution in [-0.2, 0) is 16.0 Å². The number of benzene rings is 1. The molecule has 1 aromatic carbocycles. The van der Waals surface area contributed by atoms with Crippen LogP contribution in [0.15, 0.2) is 12.1 Å². The van der Waals surface area contributed by atoms with Crippen LogP contribution in [0.2, 0.25) is 5.02 Å². The van der Waals surface area contributed by atoms with Gasteiger partial charge in [-0.25, -0.2) is 0 Å². The second-order valence-corrected chi connectivity index (χ2v) is 4.77. The monoisotopic (exact) mass is 268 g/mol. The van der Waals surface area contributed by atoms with E-state index in [1.807, 2.05) is 0 Å². The van der Waals surface area contributed by atoms with Crippen LogP contribution in [0.4, 0.5) is 3.89 Å². The third-order valence-corrected chi connectivity index (χ3v) is 2.79. The molecule has 0 spiro atoms. The van der Waals surface area contributed by atoms with E-state index in [4.69, 9.17) is 21.1 Å². The molecule has 4 nitrogen and oxygen atoms in total. The molecule has 0 aromatic heterocycles. The molecule has 90 valence electrons. The second kappa shape index (κ2) is 4.88. The molecule has 0 atom stereocenters. The highest BCUT2D eigenvalue weighted by atomic mass is 35.5. The molecule has 0 saturated heterocycles. The van der Waals surface area contributed by atoms with Crippen molar-refractivity contribution in [3.8, 4) is 11.5 Å². The van der Waals surface area contributed by atoms with E-state index in [2.05, 4.69) is 0 Å². The first-order valence-electron chi connectivity index (χ1n) is 4.20. The standard InChI is InChI=1S/C9H10ClFO4S/c1-14-8-4-6(5-16(11,12)13)3-7(10)9(8)15-2/h3-4H,5H2,1-2H3. The molecule has 16 heavy (non-hydrogen) atoms. The Balaban J connectivity index is 3.20. The van der Waals surface area contributed by atoms with Gasteiger partial charge in [-0.3, -0.25) is 0 Å². The van der Waals surface area contributed by atoms with Crippen molar-refractivity contribution >= 4 is 21.8 Å². The van der Waals surface area contributed by atoms with Gasteiger partial charge >= 0.3 is 10.2 Å². The maximum absolute atomic E-state index is 12.5. The first-order valence-corrected chi connectivity index (χ1v) is 6.13. The van der Waals surface area contributed by atoms with Crippen molar-refractivity contribution in [2.24, 2.45) is 0 Å². The van der Waals surface area contributed by atoms with E-state index in [9.17, 15) is 12.3 Å². The highest BCUT2D eigenvalue weighted by molar-refractivity contribution is 7.85. The van der Waals surface area contributed by atoms with Gasteiger partial charge in [0.05, 0.1) is 19.2 Å². The minimum Gasteiger partial charge on any atom is -0.493 e. The van der Waals surface area contributed by atoms with E-state index in [-0.39, 0.29) is 22.1 Å². The Bertz CT molecular complexity index is 487. The van der Waals surface area contributed by atoms with Crippen LogP contribution in [0.1, 0.15) is 5.56 Å². The zero-order valence-corrected chi connectivity index (χ0v) is 10.2. The van der Waals surface area contributed by atoms with Gasteiger partial charge in [0.25, 0.3) is 0 Å². The summed E-state index contributed by atoms with van der Waals surface area (Å²) in [4.78, 5) is 0. The summed E-state index contributed by atoms with van der Waals surface area (Å²) in [6.07, 6.45) is 0. The van der Waals surface area contributed by atoms with Crippen molar-refractivity contribution in [3.63, 3.8) is 0 Å². The Morgan fingerprint density at radius 1 is 1.31 bits per heavy atom. The summed E-state index contributed by atoms with van der Waals surface area (Å²) in [5.74, 6) is -0.203. The Morgan fingerprint density at radius 2 is 1.94 bits per heavy atom. The van der Waals surface area contributed by atoms with Crippen LogP contribution in [0.3, 0.4) is 0 Å². The molecule has 0 saturated carbocycles. The molecule has 0 bridgehead atoms. The predicted molar refractivity (Wildman–Crippen MR) is 58.3 cm³/mol. The van der Waals surface area contributed by atoms with Crippen LogP contribution in [-0.4, -0.2) is 22.6 Å². The molecule has 0 fully saturated rings. The second-order valence-electron chi connectivity index (χ2n) is 3.00. The van der Waals surface area contributed by atoms with Gasteiger partial charge in [-0.2, -0.15) is 8.42 Å². The van der Waals surface area contributed by atoms with Gasteiger partial charge in [-0.15, -0.1) is 3.89 Å². The Morgan fingerprint density at radius 3 is 2.38 bits per heavy atom. The fourth-order valence-corrected chi connectivity index (χ4v) is 2.13. The number of rotatable bonds is 4. The van der Waals surface area contributed by atoms with Gasteiger partial charge in [-0.05, 0) is 17.7 Å². The van der Waals surface area contributed by atoms with Gasteiger partial charge < -0.3 is 9.47 Å². The third kappa shape index (κ3) is 3.24. The Hall–Kier alpha value is -1.01. The molecule has 1 rings (SSSR count). The van der Waals surface area contributed by atoms with Crippen LogP contribution in [0, 0.1) is 0 Å². The van der Waals surface area contributed by atoms with Gasteiger partial charge in [-0.1, -0.05) is 11.6 Å². The number of methoxy groups -OCH3 is 2. The third-order valence-electron chi connectivity index (χ3n) is 1.83. The van der Waals surface area contributed by atoms with Crippen molar-refractivity contribution in [3.05, 3.63) is 22.7 Å². The molecule has 0 unspecified atom stereocenters. The summed E-state index contributed by atoms with van der Waals surface area (Å²) in [5.41, 5.74) is 0.199. The topological polar surface area (TPSA) is 52.6 Å². The zero-order chi connectivity index (χ0) is 12.3. The summed E-state index contributed by atoms with van der Waals surface area (Å²) in [7, 11) is -1.82. The smallest absolute Gasteiger partial charge is 0.306 e. The lowest BCUT2D eigenvalue weighted by molar-refractivity contribution is 0.355. The molecular formula is C9H10ClFO4S. The highest BCUT2D eigenvalue weighted by Gasteiger charge is 2.15. The van der Waals surface area contributed by atoms with Gasteiger partial charge in [0.1, 0.15) is 5.75 Å². The first-order chi connectivity index (χ1) is 7.37. The molecule has 7 heteroatoms. The Kier molecular flexibility index (Phi) is 3.98. The lowest BCUT2D eigenvalue weighted by Gasteiger charge is -2.10. The van der Waals surface area contributed by atoms with Crippen molar-refractivity contribution in [1.29, 1.82) is 0 Å². The van der Waals surface area contributed by atoms with E-state index >= 15 is 0 Å². The Labute approximate surface area is 98.1 Å². The fraction of sp³-hybridized carbons (Fsp3) is 0.333. The lowest BCUT2D eigenvalue weighted by Crippen LogP contribution is -1.99. The summed E-state index contributed by atoms with van der Waals surface area (Å²) < 4.78 is 43.3. The van der Waals surface area contributed by atoms with Gasteiger partial charge in [0, 0.05) is 0 Å². The van der Waals surface area contributed by atoms with E-state index in [0.29, 0.717) is 0 Å². The van der Waals surface area contributed by atoms with Crippen LogP contribution < -0.4 is 9.47 Å². The quantitative estimate of drug-likeness (QED) is 0.785. The first kappa shape index (κ1) is 13.1. The van der Waals surface area contributed by atoms with Gasteiger partial charge in [0.2, 0.25) is 0 Å². The predicted octanol–water partition coefficient (Wildman–Crippen LogP) is 2.16. The maximum Gasteiger partial charge on any atom is 0.306 e. The number of hydrogen-bond acceptors (Lipinski definition) is 4. The summed E-state index contributed by atoms with van der Waals surface area (Å²) >= 11 is 5.82. The normalized spacial score (nSPS) is 11.2. The molecule has 0 amide bonds. The van der Waals surface area contributed by atoms with E-state index < -0.39 is 16.0 Å². The molecule has 0 aliphatic heterocycles. The maximum atomic E-state index is 12.5. The molecule has 0 radical (unpaired) electrons. The number of hydrogen-bond donors (Lipinski definition) is 0. The van der Waals surface area contributed by atoms with Crippen LogP contribution >= 0.6 is 11.6 Å². The average molecular weight is 269 g/mol. The number of ether oxygens (including phenoxy) is 2. The van der Waals surface area contributed by atoms with Crippen molar-refractivity contribution in [1.82, 2.24) is 0 Å². The number of halogens is 2. The van der Waals surface area contributed by atoms with Crippen molar-refractivity contribution in [2.75, 3.05) is 14.2 Å². The van der Waals surface area contributed by atoms with E-state index in [0.717, 1.165) is 0 Å². The minimum atomic E-state index is -4.59. The van der Waals surface area contributed by atoms with E-state index in [1.54, 1.807) is 0 Å². The molecular weight excluding hydrogens is 259 g/mol. The van der Waals surface area contributed by atoms with Crippen molar-refractivity contribution < 1.29 is 21.8 Å². The SMILES string of the molecule is COc1cc(CS(=O)(=O)F)cc(Cl)c1OC. The zero-order valence-electron chi connectivity index (χ0n) is 8.66. The van der Waals surface area contributed by atoms with Gasteiger partial charge in [0.15, 0.2) is 11.5 Å². The fourth-order valence-electron chi connectivity index (χ4n) is 1.25. The van der Waals surface area contributed by atoms with Crippen molar-refractivity contribution in [2.45, 2.75) is 5.75 Å². The molecule has 0 aliphatic rings. The van der Waals surface area contributed by atoms with E-state index in [1.165, 1.54) is 26.4 Å². The minimum absolute atomic E-state index is 0.167. The summed E-state index contributed by atoms with van der Waals surface area (Å²) in [5, 5.41) is 0.167. The lowest BCUT2D eigenvalue weighted by atomic mass is 10.2. The average Bonchev–Trinajstić information content (AvgIpc) is 2.14. The molecule has 1 aromatic rings. The molecule has 0 aliphatic carbocycles. The summed E-state index contributed by atoms with van der Waals surface area (Å²) in [6, 6.07) is 2.68. The largest absolute Gasteiger partial charge is 0.493 e. The molecule has 0 N–H and O–H groups in total. The molecule has 0 heterocycles. The van der Waals surface area contributed by atoms with Crippen LogP contribution in [0.25, 0.3) is 0 Å². The highest BCUT2D eigenvalue weighted by Crippen LogP contribution is 2.36.